The van der Waals surface area contributed by atoms with Gasteiger partial charge in [0.05, 0.1) is 0 Å². The van der Waals surface area contributed by atoms with Crippen molar-refractivity contribution in [1.29, 1.82) is 0 Å². The molecule has 176 valence electrons. The van der Waals surface area contributed by atoms with Gasteiger partial charge in [-0.1, -0.05) is 74.6 Å². The van der Waals surface area contributed by atoms with Crippen LogP contribution in [0.1, 0.15) is 66.4 Å². The number of aliphatic carboxylic acids is 1. The van der Waals surface area contributed by atoms with Gasteiger partial charge in [-0.15, -0.1) is 0 Å². The number of hydrogen-bond donors (Lipinski definition) is 2. The van der Waals surface area contributed by atoms with Crippen LogP contribution in [-0.2, 0) is 4.79 Å². The highest BCUT2D eigenvalue weighted by atomic mass is 32.2. The smallest absolute Gasteiger partial charge is 0.326 e. The SMILES string of the molecule is CSCC[C@H](NC(=O)c1ccc(C=CCC2CCCCC2)cc1-c1ccccc1C)C(=O)O. The Balaban J connectivity index is 1.87. The molecule has 33 heavy (non-hydrogen) atoms. The second-order valence-corrected chi connectivity index (χ2v) is 9.89. The lowest BCUT2D eigenvalue weighted by Crippen LogP contribution is -2.41. The molecule has 0 saturated heterocycles. The number of carbonyl (C=O) groups is 2. The van der Waals surface area contributed by atoms with Gasteiger partial charge in [-0.05, 0) is 72.1 Å². The molecule has 5 heteroatoms. The van der Waals surface area contributed by atoms with Gasteiger partial charge in [0.15, 0.2) is 0 Å². The standard InChI is InChI=1S/C28H35NO3S/c1-20-9-6-7-14-23(20)25-19-22(13-8-12-21-10-4-3-5-11-21)15-16-24(25)27(30)29-26(28(31)32)17-18-33-2/h6-9,13-16,19,21,26H,3-5,10-12,17-18H2,1-2H3,(H,29,30)(H,31,32)/t26-/m0/s1. The van der Waals surface area contributed by atoms with Gasteiger partial charge >= 0.3 is 5.97 Å². The number of carboxylic acids is 1. The summed E-state index contributed by atoms with van der Waals surface area (Å²) in [6.07, 6.45) is 14.5. The molecule has 1 amide bonds. The molecule has 4 nitrogen and oxygen atoms in total. The number of allylic oxidation sites excluding steroid dienone is 1. The predicted molar refractivity (Wildman–Crippen MR) is 139 cm³/mol. The third-order valence-corrected chi connectivity index (χ3v) is 7.09. The number of carbonyl (C=O) groups excluding carboxylic acids is 1. The molecular weight excluding hydrogens is 430 g/mol. The van der Waals surface area contributed by atoms with Crippen LogP contribution in [0.25, 0.3) is 17.2 Å². The average molecular weight is 466 g/mol. The number of hydrogen-bond acceptors (Lipinski definition) is 3. The van der Waals surface area contributed by atoms with Gasteiger partial charge in [0.25, 0.3) is 5.91 Å². The third kappa shape index (κ3) is 7.23. The first-order chi connectivity index (χ1) is 16.0. The minimum Gasteiger partial charge on any atom is -0.480 e. The van der Waals surface area contributed by atoms with E-state index in [0.717, 1.165) is 34.6 Å². The fourth-order valence-electron chi connectivity index (χ4n) is 4.51. The largest absolute Gasteiger partial charge is 0.480 e. The number of benzene rings is 2. The Bertz CT molecular complexity index is 979. The van der Waals surface area contributed by atoms with E-state index in [-0.39, 0.29) is 5.91 Å². The average Bonchev–Trinajstić information content (AvgIpc) is 2.82. The van der Waals surface area contributed by atoms with Crippen LogP contribution in [0, 0.1) is 12.8 Å². The highest BCUT2D eigenvalue weighted by molar-refractivity contribution is 7.98. The van der Waals surface area contributed by atoms with E-state index in [1.54, 1.807) is 11.8 Å². The zero-order chi connectivity index (χ0) is 23.6. The maximum atomic E-state index is 13.2. The molecule has 0 spiro atoms. The van der Waals surface area contributed by atoms with Crippen LogP contribution in [0.15, 0.2) is 48.5 Å². The van der Waals surface area contributed by atoms with Gasteiger partial charge in [0.2, 0.25) is 0 Å². The Morgan fingerprint density at radius 2 is 1.88 bits per heavy atom. The number of carboxylic acid groups (broad SMARTS) is 1. The summed E-state index contributed by atoms with van der Waals surface area (Å²) in [5, 5.41) is 12.3. The van der Waals surface area contributed by atoms with Crippen molar-refractivity contribution in [1.82, 2.24) is 5.32 Å². The van der Waals surface area contributed by atoms with E-state index in [1.807, 2.05) is 55.6 Å². The van der Waals surface area contributed by atoms with E-state index in [1.165, 1.54) is 32.1 Å². The Morgan fingerprint density at radius 3 is 2.58 bits per heavy atom. The van der Waals surface area contributed by atoms with Crippen molar-refractivity contribution in [2.75, 3.05) is 12.0 Å². The van der Waals surface area contributed by atoms with Crippen molar-refractivity contribution in [3.05, 3.63) is 65.2 Å². The summed E-state index contributed by atoms with van der Waals surface area (Å²) in [5.41, 5.74) is 4.45. The summed E-state index contributed by atoms with van der Waals surface area (Å²) in [7, 11) is 0. The Morgan fingerprint density at radius 1 is 1.12 bits per heavy atom. The first-order valence-corrected chi connectivity index (χ1v) is 13.3. The second-order valence-electron chi connectivity index (χ2n) is 8.91. The number of aryl methyl sites for hydroxylation is 1. The highest BCUT2D eigenvalue weighted by Crippen LogP contribution is 2.30. The van der Waals surface area contributed by atoms with Gasteiger partial charge < -0.3 is 10.4 Å². The molecule has 2 N–H and O–H groups in total. The topological polar surface area (TPSA) is 66.4 Å². The first kappa shape index (κ1) is 25.1. The van der Waals surface area contributed by atoms with Crippen LogP contribution in [0.4, 0.5) is 0 Å². The van der Waals surface area contributed by atoms with Gasteiger partial charge in [0.1, 0.15) is 6.04 Å². The number of amides is 1. The van der Waals surface area contributed by atoms with Crippen molar-refractivity contribution in [2.24, 2.45) is 5.92 Å². The van der Waals surface area contributed by atoms with E-state index in [2.05, 4.69) is 17.5 Å². The van der Waals surface area contributed by atoms with Crippen LogP contribution >= 0.6 is 11.8 Å². The maximum Gasteiger partial charge on any atom is 0.326 e. The molecule has 3 rings (SSSR count). The van der Waals surface area contributed by atoms with Gasteiger partial charge in [0, 0.05) is 5.56 Å². The van der Waals surface area contributed by atoms with E-state index in [9.17, 15) is 14.7 Å². The molecule has 0 aliphatic heterocycles. The molecule has 0 radical (unpaired) electrons. The fourth-order valence-corrected chi connectivity index (χ4v) is 4.98. The molecule has 1 fully saturated rings. The lowest BCUT2D eigenvalue weighted by Gasteiger charge is -2.19. The zero-order valence-electron chi connectivity index (χ0n) is 19.7. The summed E-state index contributed by atoms with van der Waals surface area (Å²) in [6, 6.07) is 12.9. The fraction of sp³-hybridized carbons (Fsp3) is 0.429. The summed E-state index contributed by atoms with van der Waals surface area (Å²) >= 11 is 1.57. The molecule has 1 saturated carbocycles. The van der Waals surface area contributed by atoms with Crippen LogP contribution < -0.4 is 5.32 Å². The van der Waals surface area contributed by atoms with Crippen molar-refractivity contribution in [3.8, 4) is 11.1 Å². The van der Waals surface area contributed by atoms with E-state index in [0.29, 0.717) is 17.7 Å². The van der Waals surface area contributed by atoms with E-state index in [4.69, 9.17) is 0 Å². The Kier molecular flexibility index (Phi) is 9.61. The van der Waals surface area contributed by atoms with E-state index >= 15 is 0 Å². The summed E-state index contributed by atoms with van der Waals surface area (Å²) in [4.78, 5) is 24.8. The molecule has 0 unspecified atom stereocenters. The first-order valence-electron chi connectivity index (χ1n) is 11.9. The van der Waals surface area contributed by atoms with Crippen molar-refractivity contribution in [2.45, 2.75) is 57.9 Å². The molecule has 1 aliphatic rings. The van der Waals surface area contributed by atoms with Crippen LogP contribution in [0.3, 0.4) is 0 Å². The molecular formula is C28H35NO3S. The minimum atomic E-state index is -1.00. The third-order valence-electron chi connectivity index (χ3n) is 6.44. The molecule has 0 aromatic heterocycles. The van der Waals surface area contributed by atoms with Crippen LogP contribution in [-0.4, -0.2) is 35.0 Å². The number of nitrogens with one attached hydrogen (secondary N) is 1. The van der Waals surface area contributed by atoms with Crippen molar-refractivity contribution in [3.63, 3.8) is 0 Å². The second kappa shape index (κ2) is 12.6. The number of rotatable bonds is 10. The quantitative estimate of drug-likeness (QED) is 0.416. The Hall–Kier alpha value is -2.53. The van der Waals surface area contributed by atoms with Gasteiger partial charge in [-0.25, -0.2) is 4.79 Å². The summed E-state index contributed by atoms with van der Waals surface area (Å²) < 4.78 is 0. The van der Waals surface area contributed by atoms with Gasteiger partial charge in [-0.3, -0.25) is 4.79 Å². The predicted octanol–water partition coefficient (Wildman–Crippen LogP) is 6.58. The van der Waals surface area contributed by atoms with Gasteiger partial charge in [-0.2, -0.15) is 11.8 Å². The highest BCUT2D eigenvalue weighted by Gasteiger charge is 2.22. The minimum absolute atomic E-state index is 0.348. The summed E-state index contributed by atoms with van der Waals surface area (Å²) in [6.45, 7) is 2.03. The maximum absolute atomic E-state index is 13.2. The molecule has 1 aliphatic carbocycles. The lowest BCUT2D eigenvalue weighted by atomic mass is 9.87. The summed E-state index contributed by atoms with van der Waals surface area (Å²) in [5.74, 6) is 0.105. The molecule has 2 aromatic carbocycles. The molecule has 0 bridgehead atoms. The van der Waals surface area contributed by atoms with Crippen molar-refractivity contribution >= 4 is 29.7 Å². The normalized spacial score (nSPS) is 15.5. The van der Waals surface area contributed by atoms with Crippen LogP contribution in [0.5, 0.6) is 0 Å². The van der Waals surface area contributed by atoms with E-state index < -0.39 is 12.0 Å². The molecule has 1 atom stereocenters. The Labute approximate surface area is 201 Å². The number of thioether (sulfide) groups is 1. The molecule has 2 aromatic rings. The zero-order valence-corrected chi connectivity index (χ0v) is 20.5. The van der Waals surface area contributed by atoms with Crippen LogP contribution in [0.2, 0.25) is 0 Å². The van der Waals surface area contributed by atoms with Crippen molar-refractivity contribution < 1.29 is 14.7 Å². The lowest BCUT2D eigenvalue weighted by molar-refractivity contribution is -0.139. The monoisotopic (exact) mass is 465 g/mol. The molecule has 0 heterocycles.